The van der Waals surface area contributed by atoms with E-state index in [0.29, 0.717) is 24.2 Å². The fraction of sp³-hybridized carbons (Fsp3) is 0.400. The molecule has 6 heteroatoms. The van der Waals surface area contributed by atoms with Crippen LogP contribution in [0.25, 0.3) is 0 Å². The van der Waals surface area contributed by atoms with Crippen LogP contribution in [0.15, 0.2) is 18.2 Å². The molecule has 21 heavy (non-hydrogen) atoms. The van der Waals surface area contributed by atoms with Gasteiger partial charge in [0, 0.05) is 12.1 Å². The SMILES string of the molecule is CC(C)(C)OC(=O)N1CCc2c(C(=O)C(=O)O)cccc21. The van der Waals surface area contributed by atoms with Crippen molar-refractivity contribution in [3.8, 4) is 0 Å². The van der Waals surface area contributed by atoms with E-state index in [1.807, 2.05) is 0 Å². The van der Waals surface area contributed by atoms with Crippen molar-refractivity contribution in [1.29, 1.82) is 0 Å². The molecule has 2 rings (SSSR count). The molecule has 1 aromatic carbocycles. The molecule has 0 atom stereocenters. The van der Waals surface area contributed by atoms with Crippen molar-refractivity contribution in [1.82, 2.24) is 0 Å². The van der Waals surface area contributed by atoms with E-state index in [4.69, 9.17) is 9.84 Å². The largest absolute Gasteiger partial charge is 0.475 e. The maximum atomic E-state index is 12.1. The number of carboxylic acid groups (broad SMARTS) is 1. The van der Waals surface area contributed by atoms with E-state index in [0.717, 1.165) is 0 Å². The number of aliphatic carboxylic acids is 1. The number of fused-ring (bicyclic) bond motifs is 1. The highest BCUT2D eigenvalue weighted by Gasteiger charge is 2.32. The molecule has 0 saturated carbocycles. The van der Waals surface area contributed by atoms with Gasteiger partial charge < -0.3 is 9.84 Å². The molecule has 0 saturated heterocycles. The topological polar surface area (TPSA) is 83.9 Å². The number of benzene rings is 1. The van der Waals surface area contributed by atoms with Gasteiger partial charge in [0.15, 0.2) is 0 Å². The average Bonchev–Trinajstić information content (AvgIpc) is 2.79. The molecule has 1 aliphatic heterocycles. The first-order valence-corrected chi connectivity index (χ1v) is 6.61. The van der Waals surface area contributed by atoms with Gasteiger partial charge in [0.1, 0.15) is 5.60 Å². The summed E-state index contributed by atoms with van der Waals surface area (Å²) in [5.74, 6) is -2.46. The summed E-state index contributed by atoms with van der Waals surface area (Å²) in [6.45, 7) is 5.68. The number of amides is 1. The average molecular weight is 291 g/mol. The van der Waals surface area contributed by atoms with Gasteiger partial charge in [-0.2, -0.15) is 0 Å². The number of hydrogen-bond donors (Lipinski definition) is 1. The molecule has 1 aliphatic rings. The molecule has 0 aromatic heterocycles. The Balaban J connectivity index is 2.34. The lowest BCUT2D eigenvalue weighted by Gasteiger charge is -2.24. The van der Waals surface area contributed by atoms with Crippen molar-refractivity contribution in [2.45, 2.75) is 32.8 Å². The van der Waals surface area contributed by atoms with Crippen molar-refractivity contribution >= 4 is 23.5 Å². The Morgan fingerprint density at radius 3 is 2.48 bits per heavy atom. The summed E-state index contributed by atoms with van der Waals surface area (Å²) in [5.41, 5.74) is 0.632. The van der Waals surface area contributed by atoms with Gasteiger partial charge in [-0.1, -0.05) is 12.1 Å². The van der Waals surface area contributed by atoms with Crippen molar-refractivity contribution in [2.24, 2.45) is 0 Å². The maximum Gasteiger partial charge on any atom is 0.414 e. The Hall–Kier alpha value is -2.37. The number of nitrogens with zero attached hydrogens (tertiary/aromatic N) is 1. The molecule has 0 spiro atoms. The first-order valence-electron chi connectivity index (χ1n) is 6.61. The standard InChI is InChI=1S/C15H17NO5/c1-15(2,3)21-14(20)16-8-7-9-10(12(17)13(18)19)5-4-6-11(9)16/h4-6H,7-8H2,1-3H3,(H,18,19). The minimum absolute atomic E-state index is 0.131. The molecule has 0 radical (unpaired) electrons. The van der Waals surface area contributed by atoms with Crippen molar-refractivity contribution in [3.63, 3.8) is 0 Å². The van der Waals surface area contributed by atoms with E-state index in [1.54, 1.807) is 32.9 Å². The number of hydrogen-bond acceptors (Lipinski definition) is 4. The van der Waals surface area contributed by atoms with Crippen molar-refractivity contribution < 1.29 is 24.2 Å². The molecule has 0 aliphatic carbocycles. The number of Topliss-reactive ketones (excluding diaryl/α,β-unsaturated/α-hetero) is 1. The number of carbonyl (C=O) groups excluding carboxylic acids is 2. The van der Waals surface area contributed by atoms with Crippen LogP contribution in [0.3, 0.4) is 0 Å². The molecular weight excluding hydrogens is 274 g/mol. The van der Waals surface area contributed by atoms with Gasteiger partial charge in [-0.05, 0) is 38.8 Å². The van der Waals surface area contributed by atoms with Crippen LogP contribution in [0.2, 0.25) is 0 Å². The van der Waals surface area contributed by atoms with Gasteiger partial charge in [0.25, 0.3) is 5.78 Å². The van der Waals surface area contributed by atoms with Crippen LogP contribution in [0.4, 0.5) is 10.5 Å². The second kappa shape index (κ2) is 5.20. The zero-order valence-corrected chi connectivity index (χ0v) is 12.2. The van der Waals surface area contributed by atoms with Gasteiger partial charge in [0.05, 0.1) is 5.69 Å². The molecule has 6 nitrogen and oxygen atoms in total. The van der Waals surface area contributed by atoms with Gasteiger partial charge in [-0.25, -0.2) is 9.59 Å². The molecule has 0 unspecified atom stereocenters. The lowest BCUT2D eigenvalue weighted by atomic mass is 10.0. The van der Waals surface area contributed by atoms with Gasteiger partial charge in [0.2, 0.25) is 0 Å². The first-order chi connectivity index (χ1) is 9.70. The molecule has 1 aromatic rings. The molecule has 0 bridgehead atoms. The normalized spacial score (nSPS) is 13.8. The lowest BCUT2D eigenvalue weighted by molar-refractivity contribution is -0.131. The molecule has 1 amide bonds. The monoisotopic (exact) mass is 291 g/mol. The van der Waals surface area contributed by atoms with E-state index >= 15 is 0 Å². The highest BCUT2D eigenvalue weighted by Crippen LogP contribution is 2.32. The number of ether oxygens (including phenoxy) is 1. The minimum Gasteiger partial charge on any atom is -0.475 e. The second-order valence-electron chi connectivity index (χ2n) is 5.82. The summed E-state index contributed by atoms with van der Waals surface area (Å²) in [7, 11) is 0. The van der Waals surface area contributed by atoms with Crippen LogP contribution in [0.5, 0.6) is 0 Å². The quantitative estimate of drug-likeness (QED) is 0.667. The fourth-order valence-corrected chi connectivity index (χ4v) is 2.27. The van der Waals surface area contributed by atoms with Crippen molar-refractivity contribution in [2.75, 3.05) is 11.4 Å². The molecule has 1 N–H and O–H groups in total. The zero-order valence-electron chi connectivity index (χ0n) is 12.2. The Kier molecular flexibility index (Phi) is 3.72. The smallest absolute Gasteiger partial charge is 0.414 e. The number of rotatable bonds is 2. The molecule has 1 heterocycles. The summed E-state index contributed by atoms with van der Waals surface area (Å²) in [4.78, 5) is 36.1. The van der Waals surface area contributed by atoms with E-state index in [1.165, 1.54) is 11.0 Å². The Bertz CT molecular complexity index is 615. The number of carboxylic acids is 1. The third kappa shape index (κ3) is 3.04. The van der Waals surface area contributed by atoms with E-state index < -0.39 is 23.4 Å². The number of carbonyl (C=O) groups is 3. The second-order valence-corrected chi connectivity index (χ2v) is 5.82. The van der Waals surface area contributed by atoms with Gasteiger partial charge in [-0.3, -0.25) is 9.69 Å². The predicted molar refractivity (Wildman–Crippen MR) is 75.7 cm³/mol. The summed E-state index contributed by atoms with van der Waals surface area (Å²) in [5, 5.41) is 8.84. The number of ketones is 1. The van der Waals surface area contributed by atoms with E-state index in [2.05, 4.69) is 0 Å². The predicted octanol–water partition coefficient (Wildman–Crippen LogP) is 2.25. The fourth-order valence-electron chi connectivity index (χ4n) is 2.27. The number of anilines is 1. The maximum absolute atomic E-state index is 12.1. The molecular formula is C15H17NO5. The summed E-state index contributed by atoms with van der Waals surface area (Å²) >= 11 is 0. The van der Waals surface area contributed by atoms with Crippen molar-refractivity contribution in [3.05, 3.63) is 29.3 Å². The summed E-state index contributed by atoms with van der Waals surface area (Å²) in [6, 6.07) is 4.72. The van der Waals surface area contributed by atoms with Crippen LogP contribution < -0.4 is 4.90 Å². The lowest BCUT2D eigenvalue weighted by Crippen LogP contribution is -2.35. The van der Waals surface area contributed by atoms with Gasteiger partial charge >= 0.3 is 12.1 Å². The summed E-state index contributed by atoms with van der Waals surface area (Å²) < 4.78 is 5.31. The van der Waals surface area contributed by atoms with Crippen LogP contribution >= 0.6 is 0 Å². The highest BCUT2D eigenvalue weighted by atomic mass is 16.6. The summed E-state index contributed by atoms with van der Waals surface area (Å²) in [6.07, 6.45) is -0.0646. The van der Waals surface area contributed by atoms with Crippen LogP contribution in [0, 0.1) is 0 Å². The van der Waals surface area contributed by atoms with E-state index in [9.17, 15) is 14.4 Å². The van der Waals surface area contributed by atoms with Crippen LogP contribution in [0.1, 0.15) is 36.7 Å². The third-order valence-corrected chi connectivity index (χ3v) is 3.08. The molecule has 0 fully saturated rings. The van der Waals surface area contributed by atoms with Crippen LogP contribution in [-0.4, -0.2) is 35.1 Å². The van der Waals surface area contributed by atoms with E-state index in [-0.39, 0.29) is 5.56 Å². The highest BCUT2D eigenvalue weighted by molar-refractivity contribution is 6.40. The molecule has 112 valence electrons. The Morgan fingerprint density at radius 2 is 1.90 bits per heavy atom. The van der Waals surface area contributed by atoms with Gasteiger partial charge in [-0.15, -0.1) is 0 Å². The zero-order chi connectivity index (χ0) is 15.8. The van der Waals surface area contributed by atoms with Crippen LogP contribution in [-0.2, 0) is 16.0 Å². The minimum atomic E-state index is -1.50. The third-order valence-electron chi connectivity index (χ3n) is 3.08. The first kappa shape index (κ1) is 15.0. The Labute approximate surface area is 122 Å². The Morgan fingerprint density at radius 1 is 1.24 bits per heavy atom.